The van der Waals surface area contributed by atoms with Crippen molar-refractivity contribution in [2.45, 2.75) is 41.5 Å². The number of carbonyl (C=O) groups is 2. The third-order valence-corrected chi connectivity index (χ3v) is 2.09. The zero-order valence-electron chi connectivity index (χ0n) is 9.47. The molecule has 76 valence electrons. The lowest BCUT2D eigenvalue weighted by molar-refractivity contribution is -0.137. The minimum atomic E-state index is -0.493. The molecule has 0 bridgehead atoms. The van der Waals surface area contributed by atoms with Gasteiger partial charge in [-0.25, -0.2) is 0 Å². The van der Waals surface area contributed by atoms with Crippen LogP contribution >= 0.6 is 0 Å². The van der Waals surface area contributed by atoms with Crippen LogP contribution in [-0.2, 0) is 9.59 Å². The van der Waals surface area contributed by atoms with Crippen LogP contribution in [0, 0.1) is 16.7 Å². The fourth-order valence-electron chi connectivity index (χ4n) is 1.13. The van der Waals surface area contributed by atoms with Gasteiger partial charge >= 0.3 is 0 Å². The molecule has 0 saturated carbocycles. The maximum absolute atomic E-state index is 11.8. The molecule has 0 aliphatic rings. The van der Waals surface area contributed by atoms with E-state index >= 15 is 0 Å². The van der Waals surface area contributed by atoms with Crippen LogP contribution in [0.25, 0.3) is 0 Å². The van der Waals surface area contributed by atoms with E-state index in [4.69, 9.17) is 0 Å². The first-order valence-electron chi connectivity index (χ1n) is 4.60. The third-order valence-electron chi connectivity index (χ3n) is 2.09. The summed E-state index contributed by atoms with van der Waals surface area (Å²) in [5, 5.41) is 0. The first-order valence-corrected chi connectivity index (χ1v) is 4.60. The van der Waals surface area contributed by atoms with Crippen LogP contribution in [0.3, 0.4) is 0 Å². The largest absolute Gasteiger partial charge is 0.303 e. The van der Waals surface area contributed by atoms with Crippen LogP contribution in [0.5, 0.6) is 0 Å². The summed E-state index contributed by atoms with van der Waals surface area (Å²) in [6.07, 6.45) is 0.771. The molecule has 0 saturated heterocycles. The summed E-state index contributed by atoms with van der Waals surface area (Å²) in [7, 11) is 0. The SMILES string of the molecule is CC(C)(C)C(=O)C(C=O)C(C)(C)C. The molecular weight excluding hydrogens is 164 g/mol. The van der Waals surface area contributed by atoms with Crippen molar-refractivity contribution in [2.75, 3.05) is 0 Å². The van der Waals surface area contributed by atoms with E-state index in [1.807, 2.05) is 41.5 Å². The molecule has 0 aromatic heterocycles. The number of hydrogen-bond acceptors (Lipinski definition) is 2. The Balaban J connectivity index is 4.82. The Labute approximate surface area is 80.7 Å². The first kappa shape index (κ1) is 12.3. The smallest absolute Gasteiger partial charge is 0.148 e. The van der Waals surface area contributed by atoms with Gasteiger partial charge < -0.3 is 4.79 Å². The normalized spacial score (nSPS) is 15.2. The van der Waals surface area contributed by atoms with E-state index in [2.05, 4.69) is 0 Å². The maximum Gasteiger partial charge on any atom is 0.148 e. The van der Waals surface area contributed by atoms with E-state index in [1.165, 1.54) is 0 Å². The summed E-state index contributed by atoms with van der Waals surface area (Å²) in [5.41, 5.74) is -0.703. The van der Waals surface area contributed by atoms with Gasteiger partial charge in [-0.15, -0.1) is 0 Å². The second kappa shape index (κ2) is 3.60. The quantitative estimate of drug-likeness (QED) is 0.488. The highest BCUT2D eigenvalue weighted by Gasteiger charge is 2.36. The van der Waals surface area contributed by atoms with Gasteiger partial charge in [0, 0.05) is 5.41 Å². The Bertz CT molecular complexity index is 203. The Morgan fingerprint density at radius 1 is 1.08 bits per heavy atom. The van der Waals surface area contributed by atoms with Crippen LogP contribution in [-0.4, -0.2) is 12.1 Å². The molecule has 0 heterocycles. The van der Waals surface area contributed by atoms with Gasteiger partial charge in [-0.1, -0.05) is 41.5 Å². The molecule has 0 aliphatic heterocycles. The number of carbonyl (C=O) groups excluding carboxylic acids is 2. The molecule has 0 aliphatic carbocycles. The summed E-state index contributed by atoms with van der Waals surface area (Å²) in [5.74, 6) is -0.470. The Morgan fingerprint density at radius 2 is 1.46 bits per heavy atom. The lowest BCUT2D eigenvalue weighted by Crippen LogP contribution is -2.37. The fraction of sp³-hybridized carbons (Fsp3) is 0.818. The highest BCUT2D eigenvalue weighted by Crippen LogP contribution is 2.31. The van der Waals surface area contributed by atoms with Crippen molar-refractivity contribution in [3.8, 4) is 0 Å². The molecule has 0 fully saturated rings. The van der Waals surface area contributed by atoms with Crippen molar-refractivity contribution >= 4 is 12.1 Å². The molecule has 0 aromatic rings. The van der Waals surface area contributed by atoms with Gasteiger partial charge in [0.2, 0.25) is 0 Å². The number of hydrogen-bond donors (Lipinski definition) is 0. The Kier molecular flexibility index (Phi) is 3.42. The molecule has 0 radical (unpaired) electrons. The van der Waals surface area contributed by atoms with Crippen LogP contribution in [0.2, 0.25) is 0 Å². The van der Waals surface area contributed by atoms with Gasteiger partial charge in [0.1, 0.15) is 12.1 Å². The topological polar surface area (TPSA) is 34.1 Å². The average Bonchev–Trinajstić information content (AvgIpc) is 1.83. The monoisotopic (exact) mass is 184 g/mol. The molecular formula is C11H20O2. The van der Waals surface area contributed by atoms with Crippen molar-refractivity contribution < 1.29 is 9.59 Å². The summed E-state index contributed by atoms with van der Waals surface area (Å²) in [6.45, 7) is 11.3. The molecule has 0 N–H and O–H groups in total. The third kappa shape index (κ3) is 3.29. The van der Waals surface area contributed by atoms with Gasteiger partial charge in [-0.3, -0.25) is 4.79 Å². The van der Waals surface area contributed by atoms with E-state index < -0.39 is 11.3 Å². The summed E-state index contributed by atoms with van der Waals surface area (Å²) < 4.78 is 0. The molecule has 0 aromatic carbocycles. The van der Waals surface area contributed by atoms with E-state index in [1.54, 1.807) is 0 Å². The van der Waals surface area contributed by atoms with Crippen LogP contribution in [0.4, 0.5) is 0 Å². The average molecular weight is 184 g/mol. The Morgan fingerprint density at radius 3 is 1.54 bits per heavy atom. The van der Waals surface area contributed by atoms with E-state index in [0.29, 0.717) is 0 Å². The standard InChI is InChI=1S/C11H20O2/c1-10(2,3)8(7-12)9(13)11(4,5)6/h7-8H,1-6H3. The number of aldehydes is 1. The van der Waals surface area contributed by atoms with Crippen molar-refractivity contribution in [2.24, 2.45) is 16.7 Å². The predicted molar refractivity (Wildman–Crippen MR) is 53.5 cm³/mol. The van der Waals surface area contributed by atoms with Crippen LogP contribution < -0.4 is 0 Å². The van der Waals surface area contributed by atoms with Crippen molar-refractivity contribution in [3.05, 3.63) is 0 Å². The van der Waals surface area contributed by atoms with Gasteiger partial charge in [0.05, 0.1) is 5.92 Å². The lowest BCUT2D eigenvalue weighted by Gasteiger charge is -2.30. The predicted octanol–water partition coefficient (Wildman–Crippen LogP) is 2.46. The molecule has 1 unspecified atom stereocenters. The zero-order chi connectivity index (χ0) is 10.9. The van der Waals surface area contributed by atoms with Gasteiger partial charge in [0.15, 0.2) is 0 Å². The fourth-order valence-corrected chi connectivity index (χ4v) is 1.13. The van der Waals surface area contributed by atoms with Gasteiger partial charge in [0.25, 0.3) is 0 Å². The van der Waals surface area contributed by atoms with Gasteiger partial charge in [-0.05, 0) is 5.41 Å². The second-order valence-electron chi connectivity index (χ2n) is 5.59. The second-order valence-corrected chi connectivity index (χ2v) is 5.59. The summed E-state index contributed by atoms with van der Waals surface area (Å²) in [6, 6.07) is 0. The summed E-state index contributed by atoms with van der Waals surface area (Å²) in [4.78, 5) is 22.6. The maximum atomic E-state index is 11.8. The minimum absolute atomic E-state index is 0.0231. The zero-order valence-corrected chi connectivity index (χ0v) is 9.47. The molecule has 2 nitrogen and oxygen atoms in total. The molecule has 0 rings (SSSR count). The van der Waals surface area contributed by atoms with Crippen molar-refractivity contribution in [3.63, 3.8) is 0 Å². The van der Waals surface area contributed by atoms with E-state index in [-0.39, 0.29) is 11.2 Å². The van der Waals surface area contributed by atoms with E-state index in [9.17, 15) is 9.59 Å². The number of ketones is 1. The minimum Gasteiger partial charge on any atom is -0.303 e. The highest BCUT2D eigenvalue weighted by atomic mass is 16.1. The Hall–Kier alpha value is -0.660. The first-order chi connectivity index (χ1) is 5.60. The van der Waals surface area contributed by atoms with Crippen molar-refractivity contribution in [1.29, 1.82) is 0 Å². The molecule has 1 atom stereocenters. The lowest BCUT2D eigenvalue weighted by atomic mass is 9.72. The van der Waals surface area contributed by atoms with Crippen LogP contribution in [0.1, 0.15) is 41.5 Å². The molecule has 13 heavy (non-hydrogen) atoms. The highest BCUT2D eigenvalue weighted by molar-refractivity contribution is 5.97. The van der Waals surface area contributed by atoms with Gasteiger partial charge in [-0.2, -0.15) is 0 Å². The van der Waals surface area contributed by atoms with Crippen molar-refractivity contribution in [1.82, 2.24) is 0 Å². The molecule has 0 spiro atoms. The molecule has 2 heteroatoms. The van der Waals surface area contributed by atoms with E-state index in [0.717, 1.165) is 6.29 Å². The summed E-state index contributed by atoms with van der Waals surface area (Å²) >= 11 is 0. The number of Topliss-reactive ketones (excluding diaryl/α,β-unsaturated/α-hetero) is 1. The molecule has 0 amide bonds. The number of rotatable bonds is 2. The van der Waals surface area contributed by atoms with Crippen LogP contribution in [0.15, 0.2) is 0 Å².